The fourth-order valence-corrected chi connectivity index (χ4v) is 1.47. The lowest BCUT2D eigenvalue weighted by molar-refractivity contribution is -0.137. The summed E-state index contributed by atoms with van der Waals surface area (Å²) >= 11 is 0. The van der Waals surface area contributed by atoms with E-state index in [4.69, 9.17) is 10.2 Å². The highest BCUT2D eigenvalue weighted by molar-refractivity contribution is 5.81. The molecule has 16 heavy (non-hydrogen) atoms. The van der Waals surface area contributed by atoms with Crippen LogP contribution in [-0.4, -0.2) is 15.2 Å². The summed E-state index contributed by atoms with van der Waals surface area (Å²) in [7, 11) is 0. The molecule has 0 aliphatic carbocycles. The largest absolute Gasteiger partial charge is 0.416 e. The van der Waals surface area contributed by atoms with Crippen molar-refractivity contribution in [2.75, 3.05) is 0 Å². The maximum absolute atomic E-state index is 12.4. The van der Waals surface area contributed by atoms with Crippen molar-refractivity contribution in [3.63, 3.8) is 0 Å². The Bertz CT molecular complexity index is 516. The molecule has 86 valence electrons. The Balaban J connectivity index is 2.54. The Morgan fingerprint density at radius 1 is 1.12 bits per heavy atom. The van der Waals surface area contributed by atoms with Crippen LogP contribution in [0.25, 0.3) is 10.9 Å². The van der Waals surface area contributed by atoms with Crippen LogP contribution in [0.15, 0.2) is 24.3 Å². The molecule has 0 atom stereocenters. The molecule has 0 saturated heterocycles. The Labute approximate surface area is 88.1 Å². The van der Waals surface area contributed by atoms with Gasteiger partial charge in [0.2, 0.25) is 0 Å². The number of alkyl halides is 3. The lowest BCUT2D eigenvalue weighted by Crippen LogP contribution is -2.03. The molecule has 0 radical (unpaired) electrons. The fourth-order valence-electron chi connectivity index (χ4n) is 1.47. The molecule has 1 aromatic heterocycles. The van der Waals surface area contributed by atoms with E-state index in [1.807, 2.05) is 0 Å². The maximum atomic E-state index is 12.4. The van der Waals surface area contributed by atoms with Crippen LogP contribution in [0.4, 0.5) is 13.2 Å². The van der Waals surface area contributed by atoms with Crippen LogP contribution in [0.5, 0.6) is 0 Å². The number of aromatic amines is 1. The Morgan fingerprint density at radius 2 is 1.81 bits per heavy atom. The minimum absolute atomic E-state index is 0.0642. The Hall–Kier alpha value is -1.53. The van der Waals surface area contributed by atoms with E-state index in [-0.39, 0.29) is 11.1 Å². The number of nitrogens with one attached hydrogen (secondary N) is 1. The summed E-state index contributed by atoms with van der Waals surface area (Å²) in [5.74, 6) is 0. The van der Waals surface area contributed by atoms with Crippen LogP contribution in [0.3, 0.4) is 0 Å². The number of fused-ring (bicyclic) bond motifs is 1. The Morgan fingerprint density at radius 3 is 2.38 bits per heavy atom. The molecule has 0 bridgehead atoms. The molecule has 2 rings (SSSR count). The van der Waals surface area contributed by atoms with Crippen LogP contribution in [0.2, 0.25) is 0 Å². The van der Waals surface area contributed by atoms with Crippen molar-refractivity contribution in [2.45, 2.75) is 12.5 Å². The van der Waals surface area contributed by atoms with Gasteiger partial charge in [-0.25, -0.2) is 0 Å². The van der Waals surface area contributed by atoms with Crippen molar-refractivity contribution >= 4 is 10.9 Å². The standard InChI is InChI=1S/C10H8F3NO2/c11-10(12,13)6-1-2-7-5(3-6)4-8(14-7)9(15)16/h1-4,9,14-16H. The number of hydrogen-bond donors (Lipinski definition) is 3. The van der Waals surface area contributed by atoms with Crippen molar-refractivity contribution in [3.8, 4) is 0 Å². The van der Waals surface area contributed by atoms with E-state index in [1.165, 1.54) is 12.1 Å². The highest BCUT2D eigenvalue weighted by Crippen LogP contribution is 2.31. The number of H-pyrrole nitrogens is 1. The second-order valence-corrected chi connectivity index (χ2v) is 3.40. The predicted molar refractivity (Wildman–Crippen MR) is 50.5 cm³/mol. The van der Waals surface area contributed by atoms with Gasteiger partial charge >= 0.3 is 6.18 Å². The molecule has 0 spiro atoms. The van der Waals surface area contributed by atoms with Gasteiger partial charge in [-0.3, -0.25) is 0 Å². The lowest BCUT2D eigenvalue weighted by atomic mass is 10.1. The molecule has 3 nitrogen and oxygen atoms in total. The van der Waals surface area contributed by atoms with Crippen LogP contribution in [0.1, 0.15) is 17.5 Å². The van der Waals surface area contributed by atoms with E-state index < -0.39 is 18.0 Å². The van der Waals surface area contributed by atoms with E-state index in [1.54, 1.807) is 0 Å². The van der Waals surface area contributed by atoms with Crippen LogP contribution < -0.4 is 0 Å². The molecule has 0 saturated carbocycles. The molecule has 0 aliphatic rings. The number of halogens is 3. The summed E-state index contributed by atoms with van der Waals surface area (Å²) in [6.45, 7) is 0. The molecule has 6 heteroatoms. The number of rotatable bonds is 1. The minimum atomic E-state index is -4.40. The number of aliphatic hydroxyl groups excluding tert-OH is 1. The number of hydrogen-bond acceptors (Lipinski definition) is 2. The van der Waals surface area contributed by atoms with Gasteiger partial charge in [-0.1, -0.05) is 0 Å². The summed E-state index contributed by atoms with van der Waals surface area (Å²) in [5.41, 5.74) is -0.275. The maximum Gasteiger partial charge on any atom is 0.416 e. The van der Waals surface area contributed by atoms with Crippen LogP contribution in [-0.2, 0) is 6.18 Å². The van der Waals surface area contributed by atoms with Crippen molar-refractivity contribution in [1.29, 1.82) is 0 Å². The third-order valence-electron chi connectivity index (χ3n) is 2.25. The normalized spacial score (nSPS) is 12.6. The summed E-state index contributed by atoms with van der Waals surface area (Å²) in [5, 5.41) is 18.0. The number of benzene rings is 1. The van der Waals surface area contributed by atoms with Crippen molar-refractivity contribution in [3.05, 3.63) is 35.5 Å². The van der Waals surface area contributed by atoms with Gasteiger partial charge in [-0.15, -0.1) is 0 Å². The van der Waals surface area contributed by atoms with E-state index >= 15 is 0 Å². The van der Waals surface area contributed by atoms with E-state index in [9.17, 15) is 13.2 Å². The lowest BCUT2D eigenvalue weighted by Gasteiger charge is -2.05. The quantitative estimate of drug-likeness (QED) is 0.659. The molecule has 0 unspecified atom stereocenters. The van der Waals surface area contributed by atoms with Crippen molar-refractivity contribution in [2.24, 2.45) is 0 Å². The summed E-state index contributed by atoms with van der Waals surface area (Å²) in [6.07, 6.45) is -6.12. The van der Waals surface area contributed by atoms with Crippen molar-refractivity contribution < 1.29 is 23.4 Å². The molecule has 2 aromatic rings. The molecular weight excluding hydrogens is 223 g/mol. The first-order valence-electron chi connectivity index (χ1n) is 4.44. The zero-order chi connectivity index (χ0) is 11.9. The average Bonchev–Trinajstić information content (AvgIpc) is 2.58. The monoisotopic (exact) mass is 231 g/mol. The van der Waals surface area contributed by atoms with Crippen molar-refractivity contribution in [1.82, 2.24) is 4.98 Å². The second-order valence-electron chi connectivity index (χ2n) is 3.40. The van der Waals surface area contributed by atoms with Gasteiger partial charge < -0.3 is 15.2 Å². The highest BCUT2D eigenvalue weighted by atomic mass is 19.4. The molecule has 1 heterocycles. The molecule has 1 aromatic carbocycles. The molecule has 0 aliphatic heterocycles. The van der Waals surface area contributed by atoms with Gasteiger partial charge in [-0.2, -0.15) is 13.2 Å². The first kappa shape index (κ1) is 11.0. The third-order valence-corrected chi connectivity index (χ3v) is 2.25. The smallest absolute Gasteiger partial charge is 0.363 e. The zero-order valence-corrected chi connectivity index (χ0v) is 7.92. The highest BCUT2D eigenvalue weighted by Gasteiger charge is 2.30. The first-order valence-corrected chi connectivity index (χ1v) is 4.44. The molecule has 0 fully saturated rings. The second kappa shape index (κ2) is 3.50. The van der Waals surface area contributed by atoms with Gasteiger partial charge in [0, 0.05) is 10.9 Å². The average molecular weight is 231 g/mol. The van der Waals surface area contributed by atoms with Crippen LogP contribution in [0, 0.1) is 0 Å². The molecular formula is C10H8F3NO2. The summed E-state index contributed by atoms with van der Waals surface area (Å²) in [6, 6.07) is 4.42. The van der Waals surface area contributed by atoms with Gasteiger partial charge in [0.1, 0.15) is 0 Å². The number of aliphatic hydroxyl groups is 2. The Kier molecular flexibility index (Phi) is 2.40. The minimum Gasteiger partial charge on any atom is -0.363 e. The van der Waals surface area contributed by atoms with E-state index in [0.29, 0.717) is 5.52 Å². The topological polar surface area (TPSA) is 56.2 Å². The van der Waals surface area contributed by atoms with Gasteiger partial charge in [0.15, 0.2) is 6.29 Å². The predicted octanol–water partition coefficient (Wildman–Crippen LogP) is 2.17. The van der Waals surface area contributed by atoms with Crippen LogP contribution >= 0.6 is 0 Å². The SMILES string of the molecule is OC(O)c1cc2cc(C(F)(F)F)ccc2[nH]1. The van der Waals surface area contributed by atoms with E-state index in [0.717, 1.165) is 12.1 Å². The van der Waals surface area contributed by atoms with Gasteiger partial charge in [-0.05, 0) is 24.3 Å². The van der Waals surface area contributed by atoms with Gasteiger partial charge in [0.05, 0.1) is 11.3 Å². The van der Waals surface area contributed by atoms with Gasteiger partial charge in [0.25, 0.3) is 0 Å². The zero-order valence-electron chi connectivity index (χ0n) is 7.92. The number of aromatic nitrogens is 1. The molecule has 0 amide bonds. The summed E-state index contributed by atoms with van der Waals surface area (Å²) in [4.78, 5) is 2.61. The first-order chi connectivity index (χ1) is 7.38. The third kappa shape index (κ3) is 1.89. The molecule has 3 N–H and O–H groups in total. The van der Waals surface area contributed by atoms with E-state index in [2.05, 4.69) is 4.98 Å². The summed E-state index contributed by atoms with van der Waals surface area (Å²) < 4.78 is 37.1. The fraction of sp³-hybridized carbons (Fsp3) is 0.200.